The maximum atomic E-state index is 8.82. The summed E-state index contributed by atoms with van der Waals surface area (Å²) in [7, 11) is 1.97. The average Bonchev–Trinajstić information content (AvgIpc) is 2.39. The number of hydrogen-bond acceptors (Lipinski definition) is 2. The number of benzene rings is 2. The average molecular weight is 243 g/mol. The summed E-state index contributed by atoms with van der Waals surface area (Å²) in [5, 5.41) is 9.30. The monoisotopic (exact) mass is 242 g/mol. The van der Waals surface area contributed by atoms with Gasteiger partial charge in [0.15, 0.2) is 0 Å². The van der Waals surface area contributed by atoms with Crippen molar-refractivity contribution < 1.29 is 0 Å². The molecule has 0 spiro atoms. The minimum Gasteiger partial charge on any atom is -0.345 e. The summed E-state index contributed by atoms with van der Waals surface area (Å²) < 4.78 is 0. The van der Waals surface area contributed by atoms with Gasteiger partial charge in [0.2, 0.25) is 0 Å². The minimum atomic E-state index is 0.479. The SMILES string of the molecule is CN(c1ccccc1)c1ccc(C#N)c(Cl)c1. The molecule has 0 aliphatic heterocycles. The molecule has 0 bridgehead atoms. The number of nitriles is 1. The van der Waals surface area contributed by atoms with Crippen molar-refractivity contribution in [1.29, 1.82) is 5.26 Å². The molecule has 84 valence electrons. The van der Waals surface area contributed by atoms with Crippen LogP contribution in [-0.2, 0) is 0 Å². The molecule has 0 aliphatic rings. The molecule has 0 saturated heterocycles. The molecule has 0 saturated carbocycles. The Labute approximate surface area is 106 Å². The van der Waals surface area contributed by atoms with Crippen molar-refractivity contribution in [3.05, 3.63) is 59.1 Å². The fraction of sp³-hybridized carbons (Fsp3) is 0.0714. The molecule has 0 atom stereocenters. The Balaban J connectivity index is 2.36. The third-order valence-electron chi connectivity index (χ3n) is 2.60. The van der Waals surface area contributed by atoms with Crippen LogP contribution in [0, 0.1) is 11.3 Å². The van der Waals surface area contributed by atoms with E-state index in [0.29, 0.717) is 10.6 Å². The van der Waals surface area contributed by atoms with Gasteiger partial charge in [-0.2, -0.15) is 5.26 Å². The van der Waals surface area contributed by atoms with Gasteiger partial charge in [-0.25, -0.2) is 0 Å². The Bertz CT molecular complexity index is 558. The molecule has 0 fully saturated rings. The predicted octanol–water partition coefficient (Wildman–Crippen LogP) is 3.98. The molecule has 2 aromatic rings. The van der Waals surface area contributed by atoms with Crippen molar-refractivity contribution in [3.63, 3.8) is 0 Å². The van der Waals surface area contributed by atoms with Gasteiger partial charge >= 0.3 is 0 Å². The lowest BCUT2D eigenvalue weighted by Gasteiger charge is -2.19. The van der Waals surface area contributed by atoms with Crippen LogP contribution in [0.1, 0.15) is 5.56 Å². The molecule has 0 radical (unpaired) electrons. The lowest BCUT2D eigenvalue weighted by Crippen LogP contribution is -2.09. The molecule has 0 aromatic heterocycles. The maximum absolute atomic E-state index is 8.82. The number of hydrogen-bond donors (Lipinski definition) is 0. The van der Waals surface area contributed by atoms with Gasteiger partial charge in [-0.15, -0.1) is 0 Å². The van der Waals surface area contributed by atoms with Crippen molar-refractivity contribution in [1.82, 2.24) is 0 Å². The first kappa shape index (κ1) is 11.5. The zero-order chi connectivity index (χ0) is 12.3. The van der Waals surface area contributed by atoms with E-state index in [1.54, 1.807) is 12.1 Å². The summed E-state index contributed by atoms with van der Waals surface area (Å²) in [6.07, 6.45) is 0. The first-order valence-electron chi connectivity index (χ1n) is 5.21. The predicted molar refractivity (Wildman–Crippen MR) is 70.7 cm³/mol. The second kappa shape index (κ2) is 4.90. The van der Waals surface area contributed by atoms with Crippen LogP contribution in [0.5, 0.6) is 0 Å². The molecule has 0 aliphatic carbocycles. The topological polar surface area (TPSA) is 27.0 Å². The van der Waals surface area contributed by atoms with Gasteiger partial charge in [0.25, 0.3) is 0 Å². The van der Waals surface area contributed by atoms with E-state index in [-0.39, 0.29) is 0 Å². The molecule has 2 rings (SSSR count). The Morgan fingerprint density at radius 2 is 1.76 bits per heavy atom. The minimum absolute atomic E-state index is 0.479. The van der Waals surface area contributed by atoms with E-state index >= 15 is 0 Å². The number of rotatable bonds is 2. The fourth-order valence-corrected chi connectivity index (χ4v) is 1.82. The molecule has 0 N–H and O–H groups in total. The second-order valence-corrected chi connectivity index (χ2v) is 4.08. The lowest BCUT2D eigenvalue weighted by atomic mass is 10.2. The fourth-order valence-electron chi connectivity index (χ4n) is 1.60. The van der Waals surface area contributed by atoms with Gasteiger partial charge in [0.1, 0.15) is 6.07 Å². The molecular weight excluding hydrogens is 232 g/mol. The van der Waals surface area contributed by atoms with E-state index < -0.39 is 0 Å². The highest BCUT2D eigenvalue weighted by atomic mass is 35.5. The molecule has 2 nitrogen and oxygen atoms in total. The largest absolute Gasteiger partial charge is 0.345 e. The normalized spacial score (nSPS) is 9.71. The van der Waals surface area contributed by atoms with E-state index in [4.69, 9.17) is 16.9 Å². The van der Waals surface area contributed by atoms with Crippen molar-refractivity contribution in [2.75, 3.05) is 11.9 Å². The third-order valence-corrected chi connectivity index (χ3v) is 2.92. The van der Waals surface area contributed by atoms with Crippen LogP contribution in [0.2, 0.25) is 5.02 Å². The third kappa shape index (κ3) is 2.41. The van der Waals surface area contributed by atoms with E-state index in [2.05, 4.69) is 6.07 Å². The van der Waals surface area contributed by atoms with Crippen LogP contribution in [0.25, 0.3) is 0 Å². The summed E-state index contributed by atoms with van der Waals surface area (Å²) in [5.74, 6) is 0. The van der Waals surface area contributed by atoms with Crippen molar-refractivity contribution >= 4 is 23.0 Å². The first-order valence-corrected chi connectivity index (χ1v) is 5.58. The first-order chi connectivity index (χ1) is 8.22. The van der Waals surface area contributed by atoms with Crippen molar-refractivity contribution in [2.45, 2.75) is 0 Å². The Hall–Kier alpha value is -1.98. The summed E-state index contributed by atoms with van der Waals surface area (Å²) in [6, 6.07) is 17.5. The standard InChI is InChI=1S/C14H11ClN2/c1-17(12-5-3-2-4-6-12)13-8-7-11(10-16)14(15)9-13/h2-9H,1H3. The number of halogens is 1. The van der Waals surface area contributed by atoms with Gasteiger partial charge in [-0.1, -0.05) is 29.8 Å². The van der Waals surface area contributed by atoms with Crippen molar-refractivity contribution in [3.8, 4) is 6.07 Å². The molecule has 0 amide bonds. The summed E-state index contributed by atoms with van der Waals surface area (Å²) in [4.78, 5) is 2.02. The Morgan fingerprint density at radius 3 is 2.35 bits per heavy atom. The molecule has 17 heavy (non-hydrogen) atoms. The van der Waals surface area contributed by atoms with Crippen LogP contribution in [-0.4, -0.2) is 7.05 Å². The number of para-hydroxylation sites is 1. The van der Waals surface area contributed by atoms with Crippen LogP contribution >= 0.6 is 11.6 Å². The zero-order valence-electron chi connectivity index (χ0n) is 9.39. The van der Waals surface area contributed by atoms with Crippen LogP contribution < -0.4 is 4.90 Å². The Kier molecular flexibility index (Phi) is 3.32. The molecule has 2 aromatic carbocycles. The van der Waals surface area contributed by atoms with Crippen LogP contribution in [0.3, 0.4) is 0 Å². The van der Waals surface area contributed by atoms with Gasteiger partial charge in [0, 0.05) is 18.4 Å². The second-order valence-electron chi connectivity index (χ2n) is 3.67. The Morgan fingerprint density at radius 1 is 1.06 bits per heavy atom. The summed E-state index contributed by atoms with van der Waals surface area (Å²) in [6.45, 7) is 0. The summed E-state index contributed by atoms with van der Waals surface area (Å²) in [5.41, 5.74) is 2.53. The van der Waals surface area contributed by atoms with E-state index in [1.807, 2.05) is 48.3 Å². The van der Waals surface area contributed by atoms with E-state index in [9.17, 15) is 0 Å². The molecule has 0 heterocycles. The van der Waals surface area contributed by atoms with E-state index in [0.717, 1.165) is 11.4 Å². The molecule has 3 heteroatoms. The molecule has 0 unspecified atom stereocenters. The molecular formula is C14H11ClN2. The highest BCUT2D eigenvalue weighted by Crippen LogP contribution is 2.27. The van der Waals surface area contributed by atoms with Gasteiger partial charge < -0.3 is 4.90 Å². The van der Waals surface area contributed by atoms with Crippen molar-refractivity contribution in [2.24, 2.45) is 0 Å². The van der Waals surface area contributed by atoms with Gasteiger partial charge in [-0.3, -0.25) is 0 Å². The smallest absolute Gasteiger partial charge is 0.101 e. The maximum Gasteiger partial charge on any atom is 0.101 e. The zero-order valence-corrected chi connectivity index (χ0v) is 10.1. The number of nitrogens with zero attached hydrogens (tertiary/aromatic N) is 2. The quantitative estimate of drug-likeness (QED) is 0.797. The number of anilines is 2. The van der Waals surface area contributed by atoms with E-state index in [1.165, 1.54) is 0 Å². The summed E-state index contributed by atoms with van der Waals surface area (Å²) >= 11 is 6.01. The van der Waals surface area contributed by atoms with Crippen LogP contribution in [0.4, 0.5) is 11.4 Å². The van der Waals surface area contributed by atoms with Gasteiger partial charge in [-0.05, 0) is 30.3 Å². The highest BCUT2D eigenvalue weighted by Gasteiger charge is 2.06. The highest BCUT2D eigenvalue weighted by molar-refractivity contribution is 6.32. The lowest BCUT2D eigenvalue weighted by molar-refractivity contribution is 1.21. The van der Waals surface area contributed by atoms with Crippen LogP contribution in [0.15, 0.2) is 48.5 Å². The van der Waals surface area contributed by atoms with Gasteiger partial charge in [0.05, 0.1) is 10.6 Å².